The van der Waals surface area contributed by atoms with Crippen molar-refractivity contribution in [3.63, 3.8) is 0 Å². The number of anilines is 2. The molecule has 3 aromatic carbocycles. The van der Waals surface area contributed by atoms with E-state index >= 15 is 0 Å². The Labute approximate surface area is 233 Å². The normalized spacial score (nSPS) is 14.1. The molecule has 1 aliphatic heterocycles. The zero-order valence-electron chi connectivity index (χ0n) is 23.2. The molecule has 0 spiro atoms. The summed E-state index contributed by atoms with van der Waals surface area (Å²) >= 11 is 0. The Hall–Kier alpha value is -4.72. The van der Waals surface area contributed by atoms with Crippen molar-refractivity contribution in [1.82, 2.24) is 0 Å². The van der Waals surface area contributed by atoms with E-state index in [1.165, 1.54) is 0 Å². The average Bonchev–Trinajstić information content (AvgIpc) is 3.17. The van der Waals surface area contributed by atoms with Crippen molar-refractivity contribution < 1.29 is 28.8 Å². The highest BCUT2D eigenvalue weighted by Crippen LogP contribution is 2.43. The van der Waals surface area contributed by atoms with Gasteiger partial charge in [0.25, 0.3) is 5.91 Å². The van der Waals surface area contributed by atoms with Crippen LogP contribution in [0.4, 0.5) is 11.4 Å². The minimum absolute atomic E-state index is 0.0200. The van der Waals surface area contributed by atoms with Crippen LogP contribution in [0.1, 0.15) is 62.5 Å². The van der Waals surface area contributed by atoms with Gasteiger partial charge >= 0.3 is 11.9 Å². The van der Waals surface area contributed by atoms with E-state index in [2.05, 4.69) is 5.32 Å². The second-order valence-corrected chi connectivity index (χ2v) is 10.9. The lowest BCUT2D eigenvalue weighted by Crippen LogP contribution is -2.35. The maximum atomic E-state index is 13.9. The number of amides is 2. The van der Waals surface area contributed by atoms with Crippen molar-refractivity contribution in [1.29, 1.82) is 0 Å². The largest absolute Gasteiger partial charge is 0.421 e. The van der Waals surface area contributed by atoms with Crippen molar-refractivity contribution in [2.24, 2.45) is 11.3 Å². The SMILES string of the molecule is CC(C)CC(=O)Nc1ccc2c(c1)N(OC(=O)C(C)(C)C)C(=O)/C2=C(\OC(=O)c1ccccc1)c1ccccc1. The number of esters is 1. The summed E-state index contributed by atoms with van der Waals surface area (Å²) in [4.78, 5) is 58.0. The third-order valence-corrected chi connectivity index (χ3v) is 6.02. The molecular weight excluding hydrogens is 508 g/mol. The maximum Gasteiger partial charge on any atom is 0.343 e. The van der Waals surface area contributed by atoms with Crippen LogP contribution in [0.2, 0.25) is 0 Å². The topological polar surface area (TPSA) is 102 Å². The molecule has 3 aromatic rings. The minimum atomic E-state index is -0.905. The number of nitrogens with one attached hydrogen (secondary N) is 1. The van der Waals surface area contributed by atoms with Crippen molar-refractivity contribution in [3.8, 4) is 0 Å². The number of hydrogen-bond acceptors (Lipinski definition) is 6. The van der Waals surface area contributed by atoms with Gasteiger partial charge in [0.15, 0.2) is 5.76 Å². The Kier molecular flexibility index (Phi) is 8.18. The van der Waals surface area contributed by atoms with Gasteiger partial charge in [-0.2, -0.15) is 0 Å². The molecule has 1 aliphatic rings. The van der Waals surface area contributed by atoms with E-state index in [4.69, 9.17) is 9.57 Å². The third kappa shape index (κ3) is 6.29. The lowest BCUT2D eigenvalue weighted by molar-refractivity contribution is -0.157. The highest BCUT2D eigenvalue weighted by atomic mass is 16.7. The highest BCUT2D eigenvalue weighted by molar-refractivity contribution is 6.37. The van der Waals surface area contributed by atoms with Crippen molar-refractivity contribution in [2.75, 3.05) is 10.4 Å². The number of nitrogens with zero attached hydrogens (tertiary/aromatic N) is 1. The predicted molar refractivity (Wildman–Crippen MR) is 153 cm³/mol. The van der Waals surface area contributed by atoms with E-state index in [1.54, 1.807) is 99.6 Å². The van der Waals surface area contributed by atoms with Gasteiger partial charge in [0, 0.05) is 23.2 Å². The van der Waals surface area contributed by atoms with Crippen molar-refractivity contribution >= 4 is 46.5 Å². The first-order chi connectivity index (χ1) is 19.0. The van der Waals surface area contributed by atoms with E-state index in [0.29, 0.717) is 28.8 Å². The summed E-state index contributed by atoms with van der Waals surface area (Å²) in [7, 11) is 0. The van der Waals surface area contributed by atoms with E-state index in [9.17, 15) is 19.2 Å². The molecule has 0 atom stereocenters. The lowest BCUT2D eigenvalue weighted by Gasteiger charge is -2.22. The van der Waals surface area contributed by atoms with E-state index in [-0.39, 0.29) is 28.8 Å². The molecule has 0 unspecified atom stereocenters. The fourth-order valence-corrected chi connectivity index (χ4v) is 4.00. The molecule has 0 radical (unpaired) electrons. The number of rotatable bonds is 7. The zero-order valence-corrected chi connectivity index (χ0v) is 23.2. The summed E-state index contributed by atoms with van der Waals surface area (Å²) in [5.74, 6) is -1.98. The summed E-state index contributed by atoms with van der Waals surface area (Å²) in [6.45, 7) is 8.90. The summed E-state index contributed by atoms with van der Waals surface area (Å²) in [5, 5.41) is 3.73. The molecule has 0 saturated carbocycles. The van der Waals surface area contributed by atoms with Gasteiger partial charge in [-0.25, -0.2) is 9.59 Å². The van der Waals surface area contributed by atoms with Gasteiger partial charge in [0.1, 0.15) is 0 Å². The maximum absolute atomic E-state index is 13.9. The summed E-state index contributed by atoms with van der Waals surface area (Å²) in [5.41, 5.74) is 0.987. The van der Waals surface area contributed by atoms with Crippen LogP contribution in [0.3, 0.4) is 0 Å². The molecule has 0 bridgehead atoms. The smallest absolute Gasteiger partial charge is 0.343 e. The summed E-state index contributed by atoms with van der Waals surface area (Å²) in [6, 6.07) is 22.1. The van der Waals surface area contributed by atoms with Gasteiger partial charge < -0.3 is 14.9 Å². The van der Waals surface area contributed by atoms with Crippen LogP contribution in [0.15, 0.2) is 78.9 Å². The minimum Gasteiger partial charge on any atom is -0.421 e. The van der Waals surface area contributed by atoms with Gasteiger partial charge in [-0.05, 0) is 57.0 Å². The van der Waals surface area contributed by atoms with Crippen LogP contribution < -0.4 is 10.4 Å². The number of benzene rings is 3. The first-order valence-electron chi connectivity index (χ1n) is 13.0. The molecule has 40 heavy (non-hydrogen) atoms. The fourth-order valence-electron chi connectivity index (χ4n) is 4.00. The molecule has 0 aliphatic carbocycles. The average molecular weight is 541 g/mol. The first-order valence-corrected chi connectivity index (χ1v) is 13.0. The van der Waals surface area contributed by atoms with Crippen LogP contribution in [-0.4, -0.2) is 23.8 Å². The Morgan fingerprint density at radius 3 is 2.05 bits per heavy atom. The van der Waals surface area contributed by atoms with Crippen LogP contribution in [-0.2, 0) is 24.0 Å². The van der Waals surface area contributed by atoms with E-state index in [0.717, 1.165) is 5.06 Å². The van der Waals surface area contributed by atoms with Gasteiger partial charge in [0.05, 0.1) is 22.2 Å². The molecule has 1 N–H and O–H groups in total. The number of hydroxylamine groups is 1. The van der Waals surface area contributed by atoms with Crippen molar-refractivity contribution in [2.45, 2.75) is 41.0 Å². The molecule has 4 rings (SSSR count). The molecule has 8 nitrogen and oxygen atoms in total. The van der Waals surface area contributed by atoms with E-state index < -0.39 is 23.3 Å². The first kappa shape index (κ1) is 28.3. The molecule has 206 valence electrons. The Morgan fingerprint density at radius 2 is 1.48 bits per heavy atom. The van der Waals surface area contributed by atoms with Crippen molar-refractivity contribution in [3.05, 3.63) is 95.6 Å². The Bertz CT molecular complexity index is 1470. The van der Waals surface area contributed by atoms with Gasteiger partial charge in [0.2, 0.25) is 5.91 Å². The van der Waals surface area contributed by atoms with Crippen LogP contribution in [0.5, 0.6) is 0 Å². The Morgan fingerprint density at radius 1 is 0.875 bits per heavy atom. The fraction of sp³-hybridized carbons (Fsp3) is 0.250. The molecule has 2 amide bonds. The standard InChI is InChI=1S/C32H32N2O6/c1-20(2)18-26(35)33-23-16-17-24-25(19-23)34(40-31(38)32(3,4)5)29(36)27(24)28(21-12-8-6-9-13-21)39-30(37)22-14-10-7-11-15-22/h6-17,19-20H,18H2,1-5H3,(H,33,35)/b28-27-. The monoisotopic (exact) mass is 540 g/mol. The Balaban J connectivity index is 1.86. The van der Waals surface area contributed by atoms with Gasteiger partial charge in [-0.3, -0.25) is 9.59 Å². The predicted octanol–water partition coefficient (Wildman–Crippen LogP) is 6.25. The second-order valence-electron chi connectivity index (χ2n) is 10.9. The zero-order chi connectivity index (χ0) is 29.0. The summed E-state index contributed by atoms with van der Waals surface area (Å²) in [6.07, 6.45) is 0.317. The number of carbonyl (C=O) groups is 4. The molecular formula is C32H32N2O6. The molecule has 0 aromatic heterocycles. The van der Waals surface area contributed by atoms with Crippen LogP contribution >= 0.6 is 0 Å². The lowest BCUT2D eigenvalue weighted by atomic mass is 9.98. The van der Waals surface area contributed by atoms with E-state index in [1.807, 2.05) is 13.8 Å². The number of fused-ring (bicyclic) bond motifs is 1. The van der Waals surface area contributed by atoms with Crippen LogP contribution in [0.25, 0.3) is 11.3 Å². The van der Waals surface area contributed by atoms with Gasteiger partial charge in [-0.15, -0.1) is 5.06 Å². The molecule has 0 saturated heterocycles. The van der Waals surface area contributed by atoms with Crippen LogP contribution in [0, 0.1) is 11.3 Å². The number of hydrogen-bond donors (Lipinski definition) is 1. The molecule has 1 heterocycles. The number of ether oxygens (including phenoxy) is 1. The molecule has 0 fully saturated rings. The second kappa shape index (κ2) is 11.6. The number of carbonyl (C=O) groups excluding carboxylic acids is 4. The molecule has 8 heteroatoms. The third-order valence-electron chi connectivity index (χ3n) is 6.02. The quantitative estimate of drug-likeness (QED) is 0.216. The highest BCUT2D eigenvalue weighted by Gasteiger charge is 2.41. The van der Waals surface area contributed by atoms with Gasteiger partial charge in [-0.1, -0.05) is 62.4 Å². The summed E-state index contributed by atoms with van der Waals surface area (Å²) < 4.78 is 5.88.